The van der Waals surface area contributed by atoms with Gasteiger partial charge in [0.15, 0.2) is 12.2 Å². The van der Waals surface area contributed by atoms with E-state index in [1.54, 1.807) is 0 Å². The van der Waals surface area contributed by atoms with Crippen LogP contribution in [0.4, 0.5) is 0 Å². The SMILES string of the molecule is CC(C)(C)O[C@@H](C#N)[C@@H](C#N)OC(C)(C)C. The summed E-state index contributed by atoms with van der Waals surface area (Å²) in [5.41, 5.74) is -0.951. The first-order valence-corrected chi connectivity index (χ1v) is 5.24. The van der Waals surface area contributed by atoms with Gasteiger partial charge in [0.25, 0.3) is 0 Å². The van der Waals surface area contributed by atoms with E-state index in [2.05, 4.69) is 0 Å². The highest BCUT2D eigenvalue weighted by Crippen LogP contribution is 2.18. The Morgan fingerprint density at radius 1 is 0.750 bits per heavy atom. The zero-order valence-corrected chi connectivity index (χ0v) is 10.9. The molecule has 0 saturated heterocycles. The van der Waals surface area contributed by atoms with Crippen LogP contribution in [0, 0.1) is 22.7 Å². The van der Waals surface area contributed by atoms with Crippen LogP contribution >= 0.6 is 0 Å². The Kier molecular flexibility index (Phi) is 4.93. The molecule has 0 aliphatic heterocycles. The number of hydrogen-bond donors (Lipinski definition) is 0. The van der Waals surface area contributed by atoms with Gasteiger partial charge in [0.1, 0.15) is 0 Å². The van der Waals surface area contributed by atoms with Gasteiger partial charge in [0.05, 0.1) is 23.3 Å². The van der Waals surface area contributed by atoms with Crippen LogP contribution < -0.4 is 0 Å². The lowest BCUT2D eigenvalue weighted by molar-refractivity contribution is -0.124. The van der Waals surface area contributed by atoms with Crippen molar-refractivity contribution in [3.63, 3.8) is 0 Å². The predicted octanol–water partition coefficient (Wildman–Crippen LogP) is 2.40. The minimum absolute atomic E-state index is 0.475. The topological polar surface area (TPSA) is 66.0 Å². The van der Waals surface area contributed by atoms with E-state index in [9.17, 15) is 0 Å². The van der Waals surface area contributed by atoms with Crippen LogP contribution in [-0.4, -0.2) is 23.4 Å². The van der Waals surface area contributed by atoms with Crippen LogP contribution in [0.3, 0.4) is 0 Å². The third kappa shape index (κ3) is 6.40. The molecule has 4 nitrogen and oxygen atoms in total. The summed E-state index contributed by atoms with van der Waals surface area (Å²) < 4.78 is 11.0. The average molecular weight is 224 g/mol. The molecule has 0 rings (SSSR count). The van der Waals surface area contributed by atoms with Crippen molar-refractivity contribution in [3.05, 3.63) is 0 Å². The van der Waals surface area contributed by atoms with Crippen molar-refractivity contribution in [2.75, 3.05) is 0 Å². The van der Waals surface area contributed by atoms with E-state index in [0.29, 0.717) is 0 Å². The molecule has 90 valence electrons. The van der Waals surface area contributed by atoms with Crippen LogP contribution in [-0.2, 0) is 9.47 Å². The molecule has 0 aliphatic carbocycles. The molecule has 0 aliphatic rings. The van der Waals surface area contributed by atoms with Crippen molar-refractivity contribution in [2.45, 2.75) is 65.0 Å². The average Bonchev–Trinajstić information content (AvgIpc) is 2.07. The van der Waals surface area contributed by atoms with E-state index in [0.717, 1.165) is 0 Å². The minimum Gasteiger partial charge on any atom is -0.354 e. The fraction of sp³-hybridized carbons (Fsp3) is 0.833. The Labute approximate surface area is 97.8 Å². The van der Waals surface area contributed by atoms with Gasteiger partial charge in [-0.25, -0.2) is 0 Å². The van der Waals surface area contributed by atoms with Crippen molar-refractivity contribution in [3.8, 4) is 12.1 Å². The maximum absolute atomic E-state index is 8.98. The number of nitrogens with zero attached hydrogens (tertiary/aromatic N) is 2. The first-order chi connectivity index (χ1) is 7.09. The van der Waals surface area contributed by atoms with Crippen LogP contribution in [0.5, 0.6) is 0 Å². The second kappa shape index (κ2) is 5.30. The summed E-state index contributed by atoms with van der Waals surface area (Å²) in [7, 11) is 0. The zero-order valence-electron chi connectivity index (χ0n) is 10.9. The smallest absolute Gasteiger partial charge is 0.183 e. The Morgan fingerprint density at radius 3 is 1.12 bits per heavy atom. The molecule has 16 heavy (non-hydrogen) atoms. The van der Waals surface area contributed by atoms with E-state index < -0.39 is 23.4 Å². The van der Waals surface area contributed by atoms with Gasteiger partial charge in [-0.2, -0.15) is 10.5 Å². The third-order valence-electron chi connectivity index (χ3n) is 1.49. The molecule has 0 spiro atoms. The summed E-state index contributed by atoms with van der Waals surface area (Å²) in [4.78, 5) is 0. The summed E-state index contributed by atoms with van der Waals surface area (Å²) in [5.74, 6) is 0. The number of hydrogen-bond acceptors (Lipinski definition) is 4. The summed E-state index contributed by atoms with van der Waals surface area (Å²) in [6.45, 7) is 11.0. The maximum Gasteiger partial charge on any atom is 0.183 e. The number of nitriles is 2. The minimum atomic E-state index is -0.871. The van der Waals surface area contributed by atoms with E-state index in [4.69, 9.17) is 20.0 Å². The molecule has 0 bridgehead atoms. The third-order valence-corrected chi connectivity index (χ3v) is 1.49. The van der Waals surface area contributed by atoms with Gasteiger partial charge in [-0.15, -0.1) is 0 Å². The lowest BCUT2D eigenvalue weighted by Crippen LogP contribution is -2.39. The summed E-state index contributed by atoms with van der Waals surface area (Å²) in [6.07, 6.45) is -1.74. The molecule has 0 saturated carbocycles. The fourth-order valence-electron chi connectivity index (χ4n) is 1.07. The Balaban J connectivity index is 4.68. The molecule has 0 fully saturated rings. The van der Waals surface area contributed by atoms with Gasteiger partial charge in [-0.1, -0.05) is 0 Å². The summed E-state index contributed by atoms with van der Waals surface area (Å²) in [6, 6.07) is 3.92. The second-order valence-corrected chi connectivity index (χ2v) is 5.56. The van der Waals surface area contributed by atoms with E-state index in [1.165, 1.54) is 0 Å². The van der Waals surface area contributed by atoms with Crippen molar-refractivity contribution < 1.29 is 9.47 Å². The first kappa shape index (κ1) is 14.9. The van der Waals surface area contributed by atoms with Gasteiger partial charge in [0.2, 0.25) is 0 Å². The lowest BCUT2D eigenvalue weighted by Gasteiger charge is -2.29. The molecule has 4 heteroatoms. The lowest BCUT2D eigenvalue weighted by atomic mass is 10.1. The van der Waals surface area contributed by atoms with Gasteiger partial charge in [-0.05, 0) is 41.5 Å². The van der Waals surface area contributed by atoms with E-state index in [-0.39, 0.29) is 0 Å². The van der Waals surface area contributed by atoms with Crippen LogP contribution in [0.1, 0.15) is 41.5 Å². The molecule has 0 aromatic carbocycles. The van der Waals surface area contributed by atoms with Crippen LogP contribution in [0.25, 0.3) is 0 Å². The Hall–Kier alpha value is -1.10. The first-order valence-electron chi connectivity index (χ1n) is 5.24. The summed E-state index contributed by atoms with van der Waals surface area (Å²) >= 11 is 0. The molecular weight excluding hydrogens is 204 g/mol. The number of ether oxygens (including phenoxy) is 2. The summed E-state index contributed by atoms with van der Waals surface area (Å²) in [5, 5.41) is 18.0. The molecule has 0 aromatic heterocycles. The highest BCUT2D eigenvalue weighted by atomic mass is 16.6. The van der Waals surface area contributed by atoms with E-state index in [1.807, 2.05) is 53.7 Å². The van der Waals surface area contributed by atoms with Crippen molar-refractivity contribution >= 4 is 0 Å². The molecule has 0 N–H and O–H groups in total. The van der Waals surface area contributed by atoms with Gasteiger partial charge >= 0.3 is 0 Å². The molecule has 0 radical (unpaired) electrons. The normalized spacial score (nSPS) is 16.0. The van der Waals surface area contributed by atoms with Crippen molar-refractivity contribution in [2.24, 2.45) is 0 Å². The maximum atomic E-state index is 8.98. The van der Waals surface area contributed by atoms with E-state index >= 15 is 0 Å². The number of rotatable bonds is 3. The standard InChI is InChI=1S/C12H20N2O2/c1-11(2,3)15-9(7-13)10(8-14)16-12(4,5)6/h9-10H,1-6H3/t9-,10+. The molecule has 0 heterocycles. The van der Waals surface area contributed by atoms with Crippen molar-refractivity contribution in [1.29, 1.82) is 10.5 Å². The molecule has 0 amide bonds. The van der Waals surface area contributed by atoms with Gasteiger partial charge in [0, 0.05) is 0 Å². The second-order valence-electron chi connectivity index (χ2n) is 5.56. The monoisotopic (exact) mass is 224 g/mol. The van der Waals surface area contributed by atoms with Gasteiger partial charge < -0.3 is 9.47 Å². The van der Waals surface area contributed by atoms with Crippen LogP contribution in [0.15, 0.2) is 0 Å². The quantitative estimate of drug-likeness (QED) is 0.738. The zero-order chi connectivity index (χ0) is 13.0. The molecule has 2 atom stereocenters. The van der Waals surface area contributed by atoms with Crippen LogP contribution in [0.2, 0.25) is 0 Å². The Bertz CT molecular complexity index is 267. The Morgan fingerprint density at radius 2 is 1.00 bits per heavy atom. The predicted molar refractivity (Wildman–Crippen MR) is 60.5 cm³/mol. The fourth-order valence-corrected chi connectivity index (χ4v) is 1.07. The highest BCUT2D eigenvalue weighted by molar-refractivity contribution is 5.03. The highest BCUT2D eigenvalue weighted by Gasteiger charge is 2.30. The molecule has 0 aromatic rings. The van der Waals surface area contributed by atoms with Crippen molar-refractivity contribution in [1.82, 2.24) is 0 Å². The molecule has 0 unspecified atom stereocenters. The van der Waals surface area contributed by atoms with Gasteiger partial charge in [-0.3, -0.25) is 0 Å². The largest absolute Gasteiger partial charge is 0.354 e. The molecular formula is C12H20N2O2.